The molecule has 0 spiro atoms. The van der Waals surface area contributed by atoms with Gasteiger partial charge in [-0.3, -0.25) is 4.79 Å². The van der Waals surface area contributed by atoms with Crippen LogP contribution in [0.2, 0.25) is 0 Å². The number of benzene rings is 2. The number of hydrogen-bond acceptors (Lipinski definition) is 7. The lowest BCUT2D eigenvalue weighted by Gasteiger charge is -2.44. The summed E-state index contributed by atoms with van der Waals surface area (Å²) in [5.74, 6) is 1.67. The highest BCUT2D eigenvalue weighted by Crippen LogP contribution is 2.52. The van der Waals surface area contributed by atoms with Gasteiger partial charge < -0.3 is 24.6 Å². The number of ether oxygens (including phenoxy) is 2. The summed E-state index contributed by atoms with van der Waals surface area (Å²) in [6, 6.07) is 20.3. The van der Waals surface area contributed by atoms with Crippen molar-refractivity contribution in [1.82, 2.24) is 4.98 Å². The molecular formula is C33H42FN5O3S. The van der Waals surface area contributed by atoms with Crippen molar-refractivity contribution >= 4 is 33.1 Å². The van der Waals surface area contributed by atoms with E-state index in [1.165, 1.54) is 0 Å². The summed E-state index contributed by atoms with van der Waals surface area (Å²) >= 11 is 0. The molecule has 2 aromatic carbocycles. The Morgan fingerprint density at radius 3 is 2.30 bits per heavy atom. The van der Waals surface area contributed by atoms with Crippen molar-refractivity contribution in [3.63, 3.8) is 0 Å². The molecule has 1 fully saturated rings. The predicted molar refractivity (Wildman–Crippen MR) is 175 cm³/mol. The molecule has 4 rings (SSSR count). The molecule has 1 atom stereocenters. The second kappa shape index (κ2) is 14.1. The standard InChI is InChI=1S/C33H42FN5O3S/c1-33(2,3)43(4,5)24-42-30(21-34)23-41-29-12-6-26(7-13-29)32(40)37-27-8-10-28(11-9-27)38-16-18-39(19-17-38)31-20-25(22-35)14-15-36-31/h6-15,20,30H,16-19,21,23-24H2,1-5H3,(H,37,40). The molecule has 1 unspecified atom stereocenters. The second-order valence-electron chi connectivity index (χ2n) is 12.0. The van der Waals surface area contributed by atoms with E-state index < -0.39 is 22.8 Å². The molecule has 1 aliphatic heterocycles. The minimum atomic E-state index is -1.05. The van der Waals surface area contributed by atoms with Gasteiger partial charge in [-0.15, -0.1) is 0 Å². The van der Waals surface area contributed by atoms with Gasteiger partial charge in [0.2, 0.25) is 0 Å². The number of halogens is 1. The smallest absolute Gasteiger partial charge is 0.255 e. The Morgan fingerprint density at radius 2 is 1.70 bits per heavy atom. The van der Waals surface area contributed by atoms with Crippen molar-refractivity contribution in [2.75, 3.05) is 73.0 Å². The summed E-state index contributed by atoms with van der Waals surface area (Å²) in [4.78, 5) is 21.7. The number of carbonyl (C=O) groups excluding carboxylic acids is 1. The van der Waals surface area contributed by atoms with Crippen molar-refractivity contribution in [2.45, 2.75) is 31.6 Å². The van der Waals surface area contributed by atoms with Crippen molar-refractivity contribution in [2.24, 2.45) is 0 Å². The third-order valence-electron chi connectivity index (χ3n) is 7.95. The van der Waals surface area contributed by atoms with E-state index in [0.29, 0.717) is 28.5 Å². The van der Waals surface area contributed by atoms with E-state index in [9.17, 15) is 9.18 Å². The molecule has 10 heteroatoms. The Labute approximate surface area is 256 Å². The average Bonchev–Trinajstić information content (AvgIpc) is 3.01. The zero-order chi connectivity index (χ0) is 31.0. The Balaban J connectivity index is 1.24. The van der Waals surface area contributed by atoms with E-state index in [4.69, 9.17) is 14.7 Å². The number of pyridine rings is 1. The first-order valence-electron chi connectivity index (χ1n) is 14.4. The molecule has 0 aliphatic carbocycles. The summed E-state index contributed by atoms with van der Waals surface area (Å²) in [5.41, 5.74) is 2.89. The Hall–Kier alpha value is -3.81. The van der Waals surface area contributed by atoms with Crippen LogP contribution in [0, 0.1) is 11.3 Å². The summed E-state index contributed by atoms with van der Waals surface area (Å²) < 4.78 is 25.3. The fraction of sp³-hybridized carbons (Fsp3) is 0.424. The van der Waals surface area contributed by atoms with Gasteiger partial charge in [0.25, 0.3) is 5.91 Å². The number of hydrogen-bond donors (Lipinski definition) is 1. The highest BCUT2D eigenvalue weighted by molar-refractivity contribution is 8.33. The van der Waals surface area contributed by atoms with Gasteiger partial charge in [0.15, 0.2) is 0 Å². The number of nitrogens with zero attached hydrogens (tertiary/aromatic N) is 4. The number of nitrogens with one attached hydrogen (secondary N) is 1. The molecule has 0 radical (unpaired) electrons. The molecule has 1 aromatic heterocycles. The van der Waals surface area contributed by atoms with Crippen LogP contribution in [0.1, 0.15) is 36.7 Å². The molecular weight excluding hydrogens is 565 g/mol. The molecule has 1 N–H and O–H groups in total. The molecule has 43 heavy (non-hydrogen) atoms. The van der Waals surface area contributed by atoms with Gasteiger partial charge in [-0.1, -0.05) is 20.8 Å². The third kappa shape index (κ3) is 8.62. The van der Waals surface area contributed by atoms with Crippen LogP contribution >= 0.6 is 10.0 Å². The van der Waals surface area contributed by atoms with Gasteiger partial charge >= 0.3 is 0 Å². The van der Waals surface area contributed by atoms with Gasteiger partial charge in [-0.25, -0.2) is 19.4 Å². The van der Waals surface area contributed by atoms with Crippen LogP contribution in [-0.2, 0) is 4.74 Å². The lowest BCUT2D eigenvalue weighted by Crippen LogP contribution is -2.46. The van der Waals surface area contributed by atoms with Gasteiger partial charge in [0.1, 0.15) is 31.0 Å². The van der Waals surface area contributed by atoms with Crippen LogP contribution in [0.25, 0.3) is 0 Å². The molecule has 0 bridgehead atoms. The fourth-order valence-electron chi connectivity index (χ4n) is 4.29. The molecule has 0 saturated carbocycles. The number of nitriles is 1. The van der Waals surface area contributed by atoms with Crippen molar-refractivity contribution in [3.8, 4) is 11.8 Å². The normalized spacial score (nSPS) is 15.0. The third-order valence-corrected chi connectivity index (χ3v) is 12.0. The second-order valence-corrected chi connectivity index (χ2v) is 16.6. The minimum absolute atomic E-state index is 0.106. The highest BCUT2D eigenvalue weighted by Gasteiger charge is 2.29. The largest absolute Gasteiger partial charge is 0.491 e. The lowest BCUT2D eigenvalue weighted by molar-refractivity contribution is 0.0301. The van der Waals surface area contributed by atoms with E-state index in [1.54, 1.807) is 36.5 Å². The number of carbonyl (C=O) groups is 1. The quantitative estimate of drug-likeness (QED) is 0.282. The minimum Gasteiger partial charge on any atom is -0.491 e. The first-order chi connectivity index (χ1) is 20.5. The summed E-state index contributed by atoms with van der Waals surface area (Å²) in [5, 5.41) is 12.1. The highest BCUT2D eigenvalue weighted by atomic mass is 32.3. The van der Waals surface area contributed by atoms with Gasteiger partial charge in [0.05, 0.1) is 17.6 Å². The maximum Gasteiger partial charge on any atom is 0.255 e. The SMILES string of the molecule is CC(C)(C)S(C)(C)COC(CF)COc1ccc(C(=O)Nc2ccc(N3CCN(c4cc(C#N)ccn4)CC3)cc2)cc1. The van der Waals surface area contributed by atoms with Crippen LogP contribution in [-0.4, -0.2) is 79.7 Å². The van der Waals surface area contributed by atoms with Crippen LogP contribution in [0.4, 0.5) is 21.6 Å². The van der Waals surface area contributed by atoms with E-state index >= 15 is 0 Å². The molecule has 1 aliphatic rings. The topological polar surface area (TPSA) is 90.7 Å². The van der Waals surface area contributed by atoms with E-state index in [1.807, 2.05) is 30.3 Å². The summed E-state index contributed by atoms with van der Waals surface area (Å²) in [6.07, 6.45) is 5.43. The van der Waals surface area contributed by atoms with Crippen LogP contribution in [0.3, 0.4) is 0 Å². The number of piperazine rings is 1. The summed E-state index contributed by atoms with van der Waals surface area (Å²) in [6.45, 7) is 9.29. The number of alkyl halides is 1. The van der Waals surface area contributed by atoms with Crippen molar-refractivity contribution in [1.29, 1.82) is 5.26 Å². The van der Waals surface area contributed by atoms with Crippen molar-refractivity contribution < 1.29 is 18.7 Å². The monoisotopic (exact) mass is 607 g/mol. The Bertz CT molecular complexity index is 1400. The van der Waals surface area contributed by atoms with E-state index in [0.717, 1.165) is 37.7 Å². The Morgan fingerprint density at radius 1 is 1.05 bits per heavy atom. The molecule has 3 aromatic rings. The fourth-order valence-corrected chi connectivity index (χ4v) is 5.17. The average molecular weight is 608 g/mol. The van der Waals surface area contributed by atoms with Crippen LogP contribution in [0.15, 0.2) is 66.9 Å². The molecule has 1 saturated heterocycles. The van der Waals surface area contributed by atoms with Gasteiger partial charge in [-0.05, 0) is 77.9 Å². The van der Waals surface area contributed by atoms with E-state index in [2.05, 4.69) is 59.5 Å². The van der Waals surface area contributed by atoms with Gasteiger partial charge in [-0.2, -0.15) is 5.26 Å². The first-order valence-corrected chi connectivity index (χ1v) is 17.0. The van der Waals surface area contributed by atoms with Gasteiger partial charge in [0, 0.05) is 49.3 Å². The maximum absolute atomic E-state index is 13.6. The number of rotatable bonds is 11. The molecule has 8 nitrogen and oxygen atoms in total. The Kier molecular flexibility index (Phi) is 10.5. The summed E-state index contributed by atoms with van der Waals surface area (Å²) in [7, 11) is -1.05. The molecule has 230 valence electrons. The van der Waals surface area contributed by atoms with Crippen molar-refractivity contribution in [3.05, 3.63) is 78.0 Å². The number of aromatic nitrogens is 1. The number of anilines is 3. The first kappa shape index (κ1) is 32.1. The molecule has 1 amide bonds. The zero-order valence-electron chi connectivity index (χ0n) is 25.7. The van der Waals surface area contributed by atoms with E-state index in [-0.39, 0.29) is 17.3 Å². The van der Waals surface area contributed by atoms with Crippen LogP contribution in [0.5, 0.6) is 5.75 Å². The number of amides is 1. The zero-order valence-corrected chi connectivity index (χ0v) is 26.5. The lowest BCUT2D eigenvalue weighted by atomic mass is 10.2. The maximum atomic E-state index is 13.6. The molecule has 2 heterocycles. The van der Waals surface area contributed by atoms with Crippen LogP contribution < -0.4 is 19.9 Å². The predicted octanol–water partition coefficient (Wildman–Crippen LogP) is 6.09.